The third-order valence-electron chi connectivity index (χ3n) is 6.62. The molecule has 0 radical (unpaired) electrons. The summed E-state index contributed by atoms with van der Waals surface area (Å²) in [6.45, 7) is 9.27. The van der Waals surface area contributed by atoms with Gasteiger partial charge >= 0.3 is 0 Å². The van der Waals surface area contributed by atoms with Gasteiger partial charge in [0, 0.05) is 18.8 Å². The number of ether oxygens (including phenoxy) is 1. The average Bonchev–Trinajstić information content (AvgIpc) is 3.25. The standard InChI is InChI=1S/C24H32FN3O3/c1-4-28(5-2)13-14-31-22-15-18(10-12-26-22)19-9-11-24(16-19,23(29)27-30)20-7-6-8-21(25)17(20)3/h6-8,10,12,15,19,30H,4-5,9,11,13-14,16H2,1-3H3,(H,27,29)/t19?,24-/m0/s1. The molecule has 1 aromatic heterocycles. The zero-order valence-electron chi connectivity index (χ0n) is 18.5. The van der Waals surface area contributed by atoms with E-state index >= 15 is 0 Å². The number of carbonyl (C=O) groups is 1. The number of pyridine rings is 1. The van der Waals surface area contributed by atoms with Crippen LogP contribution in [0.25, 0.3) is 0 Å². The predicted molar refractivity (Wildman–Crippen MR) is 117 cm³/mol. The molecule has 1 saturated carbocycles. The van der Waals surface area contributed by atoms with Gasteiger partial charge in [0.05, 0.1) is 5.41 Å². The van der Waals surface area contributed by atoms with E-state index in [1.54, 1.807) is 25.3 Å². The van der Waals surface area contributed by atoms with Crippen LogP contribution >= 0.6 is 0 Å². The van der Waals surface area contributed by atoms with Gasteiger partial charge in [-0.1, -0.05) is 26.0 Å². The molecule has 0 saturated heterocycles. The summed E-state index contributed by atoms with van der Waals surface area (Å²) in [6, 6.07) is 8.65. The zero-order chi connectivity index (χ0) is 22.4. The number of hydrogen-bond donors (Lipinski definition) is 2. The lowest BCUT2D eigenvalue weighted by Crippen LogP contribution is -2.42. The largest absolute Gasteiger partial charge is 0.476 e. The van der Waals surface area contributed by atoms with Crippen molar-refractivity contribution in [1.29, 1.82) is 0 Å². The average molecular weight is 430 g/mol. The van der Waals surface area contributed by atoms with E-state index in [0.717, 1.165) is 31.6 Å². The molecule has 0 aliphatic heterocycles. The Morgan fingerprint density at radius 3 is 2.84 bits per heavy atom. The summed E-state index contributed by atoms with van der Waals surface area (Å²) in [5, 5.41) is 9.44. The number of likely N-dealkylation sites (N-methyl/N-ethyl adjacent to an activating group) is 1. The van der Waals surface area contributed by atoms with Crippen LogP contribution in [0.2, 0.25) is 0 Å². The van der Waals surface area contributed by atoms with Crippen LogP contribution in [0, 0.1) is 12.7 Å². The van der Waals surface area contributed by atoms with Crippen LogP contribution in [-0.4, -0.2) is 47.2 Å². The van der Waals surface area contributed by atoms with Crippen molar-refractivity contribution >= 4 is 5.91 Å². The number of nitrogens with one attached hydrogen (secondary N) is 1. The fourth-order valence-corrected chi connectivity index (χ4v) is 4.71. The fraction of sp³-hybridized carbons (Fsp3) is 0.500. The van der Waals surface area contributed by atoms with Crippen LogP contribution < -0.4 is 10.2 Å². The fourth-order valence-electron chi connectivity index (χ4n) is 4.71. The van der Waals surface area contributed by atoms with Crippen LogP contribution in [0.4, 0.5) is 4.39 Å². The third-order valence-corrected chi connectivity index (χ3v) is 6.62. The first-order valence-corrected chi connectivity index (χ1v) is 11.0. The number of hydrogen-bond acceptors (Lipinski definition) is 5. The molecule has 2 N–H and O–H groups in total. The van der Waals surface area contributed by atoms with E-state index in [-0.39, 0.29) is 11.7 Å². The second-order valence-corrected chi connectivity index (χ2v) is 8.18. The molecule has 168 valence electrons. The third kappa shape index (κ3) is 4.88. The Morgan fingerprint density at radius 1 is 1.35 bits per heavy atom. The molecule has 1 unspecified atom stereocenters. The van der Waals surface area contributed by atoms with E-state index in [1.807, 2.05) is 17.6 Å². The normalized spacial score (nSPS) is 20.8. The summed E-state index contributed by atoms with van der Waals surface area (Å²) in [5.74, 6) is -0.198. The van der Waals surface area contributed by atoms with Gasteiger partial charge in [0.15, 0.2) is 0 Å². The monoisotopic (exact) mass is 429 g/mol. The van der Waals surface area contributed by atoms with Crippen molar-refractivity contribution in [3.63, 3.8) is 0 Å². The number of amides is 1. The molecule has 6 nitrogen and oxygen atoms in total. The molecular weight excluding hydrogens is 397 g/mol. The van der Waals surface area contributed by atoms with Gasteiger partial charge in [0.25, 0.3) is 5.91 Å². The summed E-state index contributed by atoms with van der Waals surface area (Å²) in [5.41, 5.74) is 2.96. The molecule has 1 aliphatic rings. The first-order valence-electron chi connectivity index (χ1n) is 11.0. The maximum Gasteiger partial charge on any atom is 0.254 e. The van der Waals surface area contributed by atoms with Crippen molar-refractivity contribution in [2.45, 2.75) is 51.4 Å². The van der Waals surface area contributed by atoms with Gasteiger partial charge in [-0.15, -0.1) is 0 Å². The van der Waals surface area contributed by atoms with Gasteiger partial charge in [-0.2, -0.15) is 0 Å². The molecule has 0 bridgehead atoms. The summed E-state index contributed by atoms with van der Waals surface area (Å²) >= 11 is 0. The van der Waals surface area contributed by atoms with E-state index in [2.05, 4.69) is 23.7 Å². The van der Waals surface area contributed by atoms with E-state index < -0.39 is 11.3 Å². The quantitative estimate of drug-likeness (QED) is 0.466. The Hall–Kier alpha value is -2.51. The smallest absolute Gasteiger partial charge is 0.254 e. The lowest BCUT2D eigenvalue weighted by Gasteiger charge is -2.29. The summed E-state index contributed by atoms with van der Waals surface area (Å²) in [6.07, 6.45) is 3.47. The minimum absolute atomic E-state index is 0.0769. The molecule has 1 fully saturated rings. The van der Waals surface area contributed by atoms with Gasteiger partial charge in [-0.05, 0) is 74.0 Å². The predicted octanol–water partition coefficient (Wildman–Crippen LogP) is 3.96. The van der Waals surface area contributed by atoms with E-state index in [0.29, 0.717) is 36.5 Å². The van der Waals surface area contributed by atoms with Gasteiger partial charge in [0.1, 0.15) is 12.4 Å². The van der Waals surface area contributed by atoms with Gasteiger partial charge < -0.3 is 9.64 Å². The van der Waals surface area contributed by atoms with Gasteiger partial charge in [0.2, 0.25) is 5.88 Å². The lowest BCUT2D eigenvalue weighted by molar-refractivity contribution is -0.135. The van der Waals surface area contributed by atoms with E-state index in [4.69, 9.17) is 4.74 Å². The van der Waals surface area contributed by atoms with E-state index in [9.17, 15) is 14.4 Å². The maximum absolute atomic E-state index is 14.2. The second kappa shape index (κ2) is 10.2. The molecule has 1 heterocycles. The number of nitrogens with zero attached hydrogens (tertiary/aromatic N) is 2. The molecular formula is C24H32FN3O3. The highest BCUT2D eigenvalue weighted by molar-refractivity contribution is 5.88. The number of aromatic nitrogens is 1. The second-order valence-electron chi connectivity index (χ2n) is 8.18. The minimum Gasteiger partial charge on any atom is -0.476 e. The summed E-state index contributed by atoms with van der Waals surface area (Å²) in [7, 11) is 0. The van der Waals surface area contributed by atoms with Crippen LogP contribution in [0.15, 0.2) is 36.5 Å². The van der Waals surface area contributed by atoms with Crippen molar-refractivity contribution in [2.24, 2.45) is 0 Å². The SMILES string of the molecule is CCN(CC)CCOc1cc(C2CC[C@@](C(=O)NO)(c3cccc(F)c3C)C2)ccn1. The van der Waals surface area contributed by atoms with Crippen molar-refractivity contribution in [3.05, 3.63) is 59.0 Å². The number of carbonyl (C=O) groups excluding carboxylic acids is 1. The van der Waals surface area contributed by atoms with Crippen LogP contribution in [0.3, 0.4) is 0 Å². The highest BCUT2D eigenvalue weighted by Gasteiger charge is 2.48. The highest BCUT2D eigenvalue weighted by atomic mass is 19.1. The van der Waals surface area contributed by atoms with Crippen LogP contribution in [0.1, 0.15) is 55.7 Å². The summed E-state index contributed by atoms with van der Waals surface area (Å²) in [4.78, 5) is 19.4. The number of benzene rings is 1. The van der Waals surface area contributed by atoms with Crippen molar-refractivity contribution in [3.8, 4) is 5.88 Å². The lowest BCUT2D eigenvalue weighted by atomic mass is 9.75. The first-order chi connectivity index (χ1) is 14.9. The molecule has 3 rings (SSSR count). The molecule has 1 aromatic carbocycles. The molecule has 31 heavy (non-hydrogen) atoms. The topological polar surface area (TPSA) is 74.7 Å². The molecule has 0 spiro atoms. The maximum atomic E-state index is 14.2. The van der Waals surface area contributed by atoms with Crippen molar-refractivity contribution in [2.75, 3.05) is 26.2 Å². The number of halogens is 1. The number of hydroxylamine groups is 1. The first kappa shape index (κ1) is 23.2. The van der Waals surface area contributed by atoms with E-state index in [1.165, 1.54) is 6.07 Å². The molecule has 2 aromatic rings. The summed E-state index contributed by atoms with van der Waals surface area (Å²) < 4.78 is 20.1. The molecule has 1 amide bonds. The molecule has 1 aliphatic carbocycles. The van der Waals surface area contributed by atoms with Gasteiger partial charge in [-0.25, -0.2) is 14.9 Å². The Balaban J connectivity index is 1.79. The Labute approximate surface area is 183 Å². The highest BCUT2D eigenvalue weighted by Crippen LogP contribution is 2.49. The Kier molecular flexibility index (Phi) is 7.62. The molecule has 7 heteroatoms. The molecule has 2 atom stereocenters. The van der Waals surface area contributed by atoms with Crippen LogP contribution in [0.5, 0.6) is 5.88 Å². The van der Waals surface area contributed by atoms with Crippen molar-refractivity contribution in [1.82, 2.24) is 15.4 Å². The van der Waals surface area contributed by atoms with Gasteiger partial charge in [-0.3, -0.25) is 10.0 Å². The van der Waals surface area contributed by atoms with Crippen molar-refractivity contribution < 1.29 is 19.1 Å². The number of rotatable bonds is 9. The minimum atomic E-state index is -0.974. The Morgan fingerprint density at radius 2 is 2.13 bits per heavy atom. The zero-order valence-corrected chi connectivity index (χ0v) is 18.5. The van der Waals surface area contributed by atoms with Crippen LogP contribution in [-0.2, 0) is 10.2 Å². The Bertz CT molecular complexity index is 903.